The van der Waals surface area contributed by atoms with Crippen molar-refractivity contribution >= 4 is 34.6 Å². The minimum atomic E-state index is -0.560. The maximum absolute atomic E-state index is 12.0. The molecule has 1 aromatic carbocycles. The number of carbonyl (C=O) groups is 1. The molecule has 1 N–H and O–H groups in total. The predicted octanol–water partition coefficient (Wildman–Crippen LogP) is 3.21. The Morgan fingerprint density at radius 2 is 2.19 bits per heavy atom. The van der Waals surface area contributed by atoms with E-state index in [1.165, 1.54) is 0 Å². The van der Waals surface area contributed by atoms with Gasteiger partial charge in [-0.3, -0.25) is 4.79 Å². The van der Waals surface area contributed by atoms with Crippen LogP contribution in [0, 0.1) is 0 Å². The van der Waals surface area contributed by atoms with Gasteiger partial charge in [-0.1, -0.05) is 35.0 Å². The smallest absolute Gasteiger partial charge is 0.264 e. The third-order valence-corrected chi connectivity index (χ3v) is 4.28. The number of oxime groups is 1. The molecule has 21 heavy (non-hydrogen) atoms. The summed E-state index contributed by atoms with van der Waals surface area (Å²) in [5.41, 5.74) is 1.69. The van der Waals surface area contributed by atoms with Gasteiger partial charge in [0.1, 0.15) is 0 Å². The van der Waals surface area contributed by atoms with Crippen LogP contribution in [0.15, 0.2) is 46.9 Å². The molecule has 0 saturated carbocycles. The molecular formula is C15H13ClN2O2S. The summed E-state index contributed by atoms with van der Waals surface area (Å²) >= 11 is 7.46. The Labute approximate surface area is 131 Å². The van der Waals surface area contributed by atoms with Crippen molar-refractivity contribution in [2.24, 2.45) is 5.16 Å². The van der Waals surface area contributed by atoms with Crippen molar-refractivity contribution < 1.29 is 9.63 Å². The number of carbonyl (C=O) groups excluding carboxylic acids is 1. The molecule has 0 saturated heterocycles. The highest BCUT2D eigenvalue weighted by atomic mass is 35.5. The minimum absolute atomic E-state index is 0.142. The average Bonchev–Trinajstić information content (AvgIpc) is 3.17. The molecule has 0 aliphatic carbocycles. The summed E-state index contributed by atoms with van der Waals surface area (Å²) < 4.78 is 0. The topological polar surface area (TPSA) is 50.7 Å². The van der Waals surface area contributed by atoms with Crippen LogP contribution in [0.2, 0.25) is 5.02 Å². The van der Waals surface area contributed by atoms with E-state index < -0.39 is 6.10 Å². The van der Waals surface area contributed by atoms with Crippen LogP contribution >= 0.6 is 22.9 Å². The van der Waals surface area contributed by atoms with E-state index in [0.29, 0.717) is 18.0 Å². The molecule has 1 amide bonds. The lowest BCUT2D eigenvalue weighted by molar-refractivity contribution is -0.131. The predicted molar refractivity (Wildman–Crippen MR) is 83.6 cm³/mol. The molecule has 0 bridgehead atoms. The third kappa shape index (κ3) is 3.43. The lowest BCUT2D eigenvalue weighted by Crippen LogP contribution is -2.34. The van der Waals surface area contributed by atoms with E-state index in [1.807, 2.05) is 29.6 Å². The molecule has 1 aliphatic heterocycles. The summed E-state index contributed by atoms with van der Waals surface area (Å²) in [4.78, 5) is 18.4. The van der Waals surface area contributed by atoms with Crippen LogP contribution in [-0.4, -0.2) is 17.7 Å². The molecule has 0 unspecified atom stereocenters. The molecular weight excluding hydrogens is 308 g/mol. The molecule has 108 valence electrons. The summed E-state index contributed by atoms with van der Waals surface area (Å²) in [6.45, 7) is 0.520. The van der Waals surface area contributed by atoms with E-state index in [0.717, 1.165) is 16.2 Å². The molecule has 2 aromatic rings. The van der Waals surface area contributed by atoms with Gasteiger partial charge in [0.2, 0.25) is 6.10 Å². The van der Waals surface area contributed by atoms with Gasteiger partial charge in [-0.05, 0) is 29.1 Å². The van der Waals surface area contributed by atoms with Gasteiger partial charge in [0.05, 0.1) is 12.3 Å². The Kier molecular flexibility index (Phi) is 4.22. The zero-order chi connectivity index (χ0) is 14.7. The molecule has 0 spiro atoms. The van der Waals surface area contributed by atoms with E-state index in [9.17, 15) is 4.79 Å². The van der Waals surface area contributed by atoms with E-state index >= 15 is 0 Å². The average molecular weight is 321 g/mol. The lowest BCUT2D eigenvalue weighted by Gasteiger charge is -2.08. The minimum Gasteiger partial charge on any atom is -0.382 e. The quantitative estimate of drug-likeness (QED) is 0.940. The van der Waals surface area contributed by atoms with E-state index in [4.69, 9.17) is 16.4 Å². The van der Waals surface area contributed by atoms with Crippen molar-refractivity contribution in [2.45, 2.75) is 19.1 Å². The standard InChI is InChI=1S/C15H13ClN2O2S/c16-11-5-3-10(4-6-11)13-8-14(20-18-13)15(19)17-9-12-2-1-7-21-12/h1-7,14H,8-9H2,(H,17,19)/t14-/m1/s1. The maximum Gasteiger partial charge on any atom is 0.264 e. The Hall–Kier alpha value is -1.85. The monoisotopic (exact) mass is 320 g/mol. The van der Waals surface area contributed by atoms with Crippen LogP contribution in [0.1, 0.15) is 16.9 Å². The fraction of sp³-hybridized carbons (Fsp3) is 0.200. The number of rotatable bonds is 4. The van der Waals surface area contributed by atoms with Gasteiger partial charge in [0, 0.05) is 16.3 Å². The van der Waals surface area contributed by atoms with Gasteiger partial charge < -0.3 is 10.2 Å². The summed E-state index contributed by atoms with van der Waals surface area (Å²) in [5.74, 6) is -0.142. The number of nitrogens with zero attached hydrogens (tertiary/aromatic N) is 1. The second-order valence-electron chi connectivity index (χ2n) is 4.64. The summed E-state index contributed by atoms with van der Waals surface area (Å²) in [6, 6.07) is 11.3. The molecule has 6 heteroatoms. The number of hydrogen-bond donors (Lipinski definition) is 1. The fourth-order valence-corrected chi connectivity index (χ4v) is 2.80. The molecule has 4 nitrogen and oxygen atoms in total. The largest absolute Gasteiger partial charge is 0.382 e. The molecule has 2 heterocycles. The highest BCUT2D eigenvalue weighted by Gasteiger charge is 2.28. The van der Waals surface area contributed by atoms with Crippen LogP contribution in [0.4, 0.5) is 0 Å². The maximum atomic E-state index is 12.0. The number of hydrogen-bond acceptors (Lipinski definition) is 4. The van der Waals surface area contributed by atoms with Crippen molar-refractivity contribution in [3.63, 3.8) is 0 Å². The Morgan fingerprint density at radius 3 is 2.90 bits per heavy atom. The van der Waals surface area contributed by atoms with Crippen molar-refractivity contribution in [3.8, 4) is 0 Å². The van der Waals surface area contributed by atoms with Gasteiger partial charge >= 0.3 is 0 Å². The number of nitrogens with one attached hydrogen (secondary N) is 1. The fourth-order valence-electron chi connectivity index (χ4n) is 2.03. The first-order chi connectivity index (χ1) is 10.2. The SMILES string of the molecule is O=C(NCc1cccs1)[C@H]1CC(c2ccc(Cl)cc2)=NO1. The first-order valence-electron chi connectivity index (χ1n) is 6.51. The second kappa shape index (κ2) is 6.28. The van der Waals surface area contributed by atoms with Crippen LogP contribution < -0.4 is 5.32 Å². The number of benzene rings is 1. The normalized spacial score (nSPS) is 17.2. The molecule has 3 rings (SSSR count). The van der Waals surface area contributed by atoms with Crippen molar-refractivity contribution in [1.29, 1.82) is 0 Å². The van der Waals surface area contributed by atoms with Gasteiger partial charge in [-0.25, -0.2) is 0 Å². The Balaban J connectivity index is 1.55. The highest BCUT2D eigenvalue weighted by Crippen LogP contribution is 2.19. The van der Waals surface area contributed by atoms with Gasteiger partial charge in [0.15, 0.2) is 0 Å². The van der Waals surface area contributed by atoms with Crippen LogP contribution in [0.25, 0.3) is 0 Å². The number of thiophene rings is 1. The van der Waals surface area contributed by atoms with Gasteiger partial charge in [0.25, 0.3) is 5.91 Å². The summed E-state index contributed by atoms with van der Waals surface area (Å²) in [5, 5.41) is 9.51. The van der Waals surface area contributed by atoms with Crippen LogP contribution in [0.3, 0.4) is 0 Å². The van der Waals surface area contributed by atoms with Crippen molar-refractivity contribution in [1.82, 2.24) is 5.32 Å². The second-order valence-corrected chi connectivity index (χ2v) is 6.11. The number of amides is 1. The Morgan fingerprint density at radius 1 is 1.38 bits per heavy atom. The van der Waals surface area contributed by atoms with E-state index in [2.05, 4.69) is 10.5 Å². The third-order valence-electron chi connectivity index (χ3n) is 3.16. The molecule has 0 radical (unpaired) electrons. The molecule has 1 atom stereocenters. The zero-order valence-corrected chi connectivity index (χ0v) is 12.7. The van der Waals surface area contributed by atoms with Crippen LogP contribution in [0.5, 0.6) is 0 Å². The van der Waals surface area contributed by atoms with Gasteiger partial charge in [-0.2, -0.15) is 0 Å². The van der Waals surface area contributed by atoms with E-state index in [-0.39, 0.29) is 5.91 Å². The molecule has 0 fully saturated rings. The summed E-state index contributed by atoms with van der Waals surface area (Å²) in [6.07, 6.45) is -0.0894. The molecule has 1 aliphatic rings. The number of halogens is 1. The van der Waals surface area contributed by atoms with Crippen molar-refractivity contribution in [2.75, 3.05) is 0 Å². The first kappa shape index (κ1) is 14.1. The Bertz CT molecular complexity index is 653. The summed E-state index contributed by atoms with van der Waals surface area (Å²) in [7, 11) is 0. The van der Waals surface area contributed by atoms with E-state index in [1.54, 1.807) is 23.5 Å². The highest BCUT2D eigenvalue weighted by molar-refractivity contribution is 7.09. The lowest BCUT2D eigenvalue weighted by atomic mass is 10.0. The van der Waals surface area contributed by atoms with Crippen molar-refractivity contribution in [3.05, 3.63) is 57.2 Å². The molecule has 1 aromatic heterocycles. The van der Waals surface area contributed by atoms with Gasteiger partial charge in [-0.15, -0.1) is 11.3 Å². The first-order valence-corrected chi connectivity index (χ1v) is 7.77. The van der Waals surface area contributed by atoms with Crippen LogP contribution in [-0.2, 0) is 16.2 Å². The zero-order valence-electron chi connectivity index (χ0n) is 11.1.